The number of nitrogens with two attached hydrogens (primary N) is 2. The summed E-state index contributed by atoms with van der Waals surface area (Å²) in [5.41, 5.74) is 14.5. The molecular weight excluding hydrogens is 400 g/mol. The van der Waals surface area contributed by atoms with Crippen molar-refractivity contribution < 1.29 is 14.3 Å². The molecule has 1 aliphatic carbocycles. The van der Waals surface area contributed by atoms with Gasteiger partial charge in [-0.2, -0.15) is 0 Å². The fraction of sp³-hybridized carbons (Fsp3) is 0.182. The van der Waals surface area contributed by atoms with Gasteiger partial charge in [-0.3, -0.25) is 4.79 Å². The van der Waals surface area contributed by atoms with E-state index in [1.54, 1.807) is 6.07 Å². The van der Waals surface area contributed by atoms with Crippen molar-refractivity contribution in [2.75, 3.05) is 25.0 Å². The molecule has 3 amide bonds. The number of anilines is 1. The second-order valence-electron chi connectivity index (χ2n) is 7.00. The smallest absolute Gasteiger partial charge is 0.316 e. The van der Waals surface area contributed by atoms with Gasteiger partial charge in [-0.15, -0.1) is 11.3 Å². The average molecular weight is 423 g/mol. The molecule has 4 rings (SSSR count). The fourth-order valence-electron chi connectivity index (χ4n) is 3.54. The lowest BCUT2D eigenvalue weighted by Crippen LogP contribution is -2.22. The van der Waals surface area contributed by atoms with Crippen LogP contribution in [0.15, 0.2) is 65.9 Å². The number of para-hydroxylation sites is 1. The SMILES string of the molecule is NC(=O)Nc1cc(-c2ccccc2OCCN2C=C3CC=CC=C3C2)sc1C(N)=O. The number of nitrogens with one attached hydrogen (secondary N) is 1. The Bertz CT molecular complexity index is 1080. The number of hydrogen-bond donors (Lipinski definition) is 3. The predicted octanol–water partition coefficient (Wildman–Crippen LogP) is 3.47. The Balaban J connectivity index is 1.47. The minimum atomic E-state index is -0.753. The van der Waals surface area contributed by atoms with Crippen LogP contribution in [0.1, 0.15) is 16.1 Å². The van der Waals surface area contributed by atoms with Gasteiger partial charge >= 0.3 is 6.03 Å². The van der Waals surface area contributed by atoms with Crippen molar-refractivity contribution >= 4 is 29.0 Å². The zero-order valence-electron chi connectivity index (χ0n) is 16.3. The Kier molecular flexibility index (Phi) is 5.58. The van der Waals surface area contributed by atoms with Gasteiger partial charge in [0.05, 0.1) is 12.2 Å². The minimum absolute atomic E-state index is 0.242. The van der Waals surface area contributed by atoms with Crippen molar-refractivity contribution in [1.29, 1.82) is 0 Å². The molecular formula is C22H22N4O3S. The maximum Gasteiger partial charge on any atom is 0.316 e. The van der Waals surface area contributed by atoms with Crippen molar-refractivity contribution in [2.45, 2.75) is 6.42 Å². The topological polar surface area (TPSA) is 111 Å². The highest BCUT2D eigenvalue weighted by Crippen LogP contribution is 2.39. The third kappa shape index (κ3) is 4.23. The molecule has 0 bridgehead atoms. The maximum absolute atomic E-state index is 11.7. The molecule has 2 aliphatic rings. The Morgan fingerprint density at radius 1 is 1.20 bits per heavy atom. The highest BCUT2D eigenvalue weighted by atomic mass is 32.1. The molecule has 154 valence electrons. The van der Waals surface area contributed by atoms with E-state index in [9.17, 15) is 9.59 Å². The summed E-state index contributed by atoms with van der Waals surface area (Å²) in [6, 6.07) is 8.51. The number of primary amides is 2. The van der Waals surface area contributed by atoms with Gasteiger partial charge in [0.2, 0.25) is 0 Å². The zero-order valence-corrected chi connectivity index (χ0v) is 17.1. The summed E-state index contributed by atoms with van der Waals surface area (Å²) in [7, 11) is 0. The van der Waals surface area contributed by atoms with E-state index in [0.29, 0.717) is 18.0 Å². The third-order valence-electron chi connectivity index (χ3n) is 4.90. The molecule has 0 saturated carbocycles. The van der Waals surface area contributed by atoms with Gasteiger partial charge in [0.1, 0.15) is 17.2 Å². The molecule has 8 heteroatoms. The van der Waals surface area contributed by atoms with Crippen LogP contribution in [0.4, 0.5) is 10.5 Å². The summed E-state index contributed by atoms with van der Waals surface area (Å²) in [5, 5.41) is 2.45. The summed E-state index contributed by atoms with van der Waals surface area (Å²) in [6.45, 7) is 2.18. The Hall–Kier alpha value is -3.52. The van der Waals surface area contributed by atoms with Gasteiger partial charge in [0.25, 0.3) is 5.91 Å². The van der Waals surface area contributed by atoms with Crippen LogP contribution in [0.25, 0.3) is 10.4 Å². The first-order valence-corrected chi connectivity index (χ1v) is 10.4. The molecule has 2 aromatic rings. The molecule has 1 aliphatic heterocycles. The van der Waals surface area contributed by atoms with Gasteiger partial charge in [-0.1, -0.05) is 30.4 Å². The summed E-state index contributed by atoms with van der Waals surface area (Å²) < 4.78 is 6.07. The maximum atomic E-state index is 11.7. The van der Waals surface area contributed by atoms with E-state index in [2.05, 4.69) is 34.6 Å². The van der Waals surface area contributed by atoms with Gasteiger partial charge in [-0.05, 0) is 35.8 Å². The highest BCUT2D eigenvalue weighted by Gasteiger charge is 2.20. The first kappa shape index (κ1) is 19.8. The average Bonchev–Trinajstić information content (AvgIpc) is 3.31. The number of nitrogens with zero attached hydrogens (tertiary/aromatic N) is 1. The molecule has 7 nitrogen and oxygen atoms in total. The van der Waals surface area contributed by atoms with Crippen LogP contribution in [0.2, 0.25) is 0 Å². The van der Waals surface area contributed by atoms with E-state index < -0.39 is 11.9 Å². The normalized spacial score (nSPS) is 14.7. The van der Waals surface area contributed by atoms with Crippen molar-refractivity contribution in [3.8, 4) is 16.2 Å². The van der Waals surface area contributed by atoms with E-state index in [-0.39, 0.29) is 4.88 Å². The minimum Gasteiger partial charge on any atom is -0.491 e. The van der Waals surface area contributed by atoms with Crippen molar-refractivity contribution in [1.82, 2.24) is 4.90 Å². The molecule has 5 N–H and O–H groups in total. The first-order valence-electron chi connectivity index (χ1n) is 9.54. The molecule has 0 spiro atoms. The van der Waals surface area contributed by atoms with Crippen LogP contribution in [-0.2, 0) is 0 Å². The lowest BCUT2D eigenvalue weighted by molar-refractivity contribution is 0.100. The number of carbonyl (C=O) groups excluding carboxylic acids is 2. The number of thiophene rings is 1. The van der Waals surface area contributed by atoms with Gasteiger partial charge in [0.15, 0.2) is 0 Å². The van der Waals surface area contributed by atoms with Gasteiger partial charge < -0.3 is 26.4 Å². The number of ether oxygens (including phenoxy) is 1. The van der Waals surface area contributed by atoms with Gasteiger partial charge in [0, 0.05) is 23.2 Å². The van der Waals surface area contributed by atoms with Crippen LogP contribution in [-0.4, -0.2) is 36.5 Å². The number of amides is 3. The van der Waals surface area contributed by atoms with Crippen molar-refractivity contribution in [3.63, 3.8) is 0 Å². The summed E-state index contributed by atoms with van der Waals surface area (Å²) in [5.74, 6) is 0.0753. The Morgan fingerprint density at radius 3 is 2.80 bits per heavy atom. The number of fused-ring (bicyclic) bond motifs is 1. The van der Waals surface area contributed by atoms with Crippen LogP contribution < -0.4 is 21.5 Å². The molecule has 30 heavy (non-hydrogen) atoms. The largest absolute Gasteiger partial charge is 0.491 e. The Labute approximate surface area is 178 Å². The van der Waals surface area contributed by atoms with Crippen LogP contribution >= 0.6 is 11.3 Å². The van der Waals surface area contributed by atoms with E-state index in [1.807, 2.05) is 24.3 Å². The summed E-state index contributed by atoms with van der Waals surface area (Å²) >= 11 is 1.19. The van der Waals surface area contributed by atoms with Crippen LogP contribution in [0, 0.1) is 0 Å². The Morgan fingerprint density at radius 2 is 2.03 bits per heavy atom. The quantitative estimate of drug-likeness (QED) is 0.634. The second-order valence-corrected chi connectivity index (χ2v) is 8.05. The number of hydrogen-bond acceptors (Lipinski definition) is 5. The number of carbonyl (C=O) groups is 2. The molecule has 0 unspecified atom stereocenters. The van der Waals surface area contributed by atoms with Crippen LogP contribution in [0.5, 0.6) is 5.75 Å². The van der Waals surface area contributed by atoms with E-state index in [0.717, 1.165) is 30.0 Å². The second kappa shape index (κ2) is 8.46. The molecule has 0 saturated heterocycles. The lowest BCUT2D eigenvalue weighted by Gasteiger charge is -2.17. The molecule has 2 heterocycles. The lowest BCUT2D eigenvalue weighted by atomic mass is 10.0. The molecule has 0 fully saturated rings. The van der Waals surface area contributed by atoms with E-state index >= 15 is 0 Å². The first-order chi connectivity index (χ1) is 14.5. The highest BCUT2D eigenvalue weighted by molar-refractivity contribution is 7.18. The summed E-state index contributed by atoms with van der Waals surface area (Å²) in [4.78, 5) is 26.2. The summed E-state index contributed by atoms with van der Waals surface area (Å²) in [6.07, 6.45) is 9.61. The van der Waals surface area contributed by atoms with Crippen LogP contribution in [0.3, 0.4) is 0 Å². The molecule has 0 radical (unpaired) electrons. The molecule has 1 aromatic heterocycles. The van der Waals surface area contributed by atoms with E-state index in [4.69, 9.17) is 16.2 Å². The van der Waals surface area contributed by atoms with Crippen molar-refractivity contribution in [3.05, 3.63) is 70.8 Å². The van der Waals surface area contributed by atoms with Crippen molar-refractivity contribution in [2.24, 2.45) is 11.5 Å². The molecule has 1 aromatic carbocycles. The number of rotatable bonds is 7. The van der Waals surface area contributed by atoms with Gasteiger partial charge in [-0.25, -0.2) is 4.79 Å². The number of benzene rings is 1. The standard InChI is InChI=1S/C22H22N4O3S/c23-21(27)20-17(25-22(24)28)11-19(30-20)16-7-3-4-8-18(16)29-10-9-26-12-14-5-1-2-6-15(14)13-26/h1-5,7-8,11,13H,6,9-10,12H2,(H2,23,27)(H3,24,25,28). The zero-order chi connectivity index (χ0) is 21.1. The predicted molar refractivity (Wildman–Crippen MR) is 118 cm³/mol. The fourth-order valence-corrected chi connectivity index (χ4v) is 4.53. The van der Waals surface area contributed by atoms with E-state index in [1.165, 1.54) is 22.5 Å². The molecule has 0 atom stereocenters. The monoisotopic (exact) mass is 422 g/mol. The third-order valence-corrected chi connectivity index (χ3v) is 6.08. The number of allylic oxidation sites excluding steroid dienone is 3. The number of urea groups is 1.